The normalized spacial score (nSPS) is 16.3. The summed E-state index contributed by atoms with van der Waals surface area (Å²) in [5, 5.41) is 26.8. The Morgan fingerprint density at radius 2 is 1.05 bits per heavy atom. The molecule has 2 fully saturated rings. The molecule has 3 aromatic heterocycles. The van der Waals surface area contributed by atoms with Crippen molar-refractivity contribution in [3.05, 3.63) is 153 Å². The van der Waals surface area contributed by atoms with E-state index in [-0.39, 0.29) is 41.4 Å². The van der Waals surface area contributed by atoms with Gasteiger partial charge in [0.25, 0.3) is 0 Å². The van der Waals surface area contributed by atoms with Gasteiger partial charge in [-0.2, -0.15) is 57.7 Å². The Labute approximate surface area is 472 Å². The van der Waals surface area contributed by atoms with Gasteiger partial charge in [-0.25, -0.2) is 19.6 Å². The Morgan fingerprint density at radius 1 is 0.627 bits per heavy atom. The van der Waals surface area contributed by atoms with Crippen LogP contribution in [-0.2, 0) is 34.6 Å². The first-order valence-electron chi connectivity index (χ1n) is 24.9. The highest BCUT2D eigenvalue weighted by Gasteiger charge is 2.50. The Balaban J connectivity index is 0.000000198. The maximum absolute atomic E-state index is 14.3. The fourth-order valence-corrected chi connectivity index (χ4v) is 11.0. The average molecular weight is 1220 g/mol. The molecule has 0 radical (unpaired) electrons. The number of thiazole rings is 2. The number of ether oxygens (including phenoxy) is 3. The van der Waals surface area contributed by atoms with E-state index >= 15 is 0 Å². The summed E-state index contributed by atoms with van der Waals surface area (Å²) in [5.74, 6) is -6.04. The van der Waals surface area contributed by atoms with Crippen LogP contribution in [0.4, 0.5) is 52.7 Å². The molecule has 5 heterocycles. The fraction of sp³-hybridized carbons (Fsp3) is 0.352. The molecule has 5 N–H and O–H groups in total. The Hall–Kier alpha value is -7.31. The standard InChI is InChI=1S/C26H25F3N4O2S.C24H25F3N4O2S.C4F6O3/c1-17-31-23(33-35-17)20-9-5-8-19(14-20)22(26(27,28)29)30-16-25(10-12-34-13-11-25)24-32-21(15-36-24)18-6-3-2-4-7-18;25-24(26,27)20(17-7-4-8-18(13-17)21(28)31-32)29-15-23(9-11-33-12-10-23)22-30-19(14-34-22)16-5-2-1-3-6-16;5-3(6,7)1(11)13-2(12)4(8,9)10/h2-9,14-15,22,30H,10-13,16H2,1H3;1-8,13-14,20,29,32H,9-12,15H2,(H2,28,31);. The first kappa shape index (κ1) is 63.3. The molecule has 15 nitrogen and oxygen atoms in total. The number of hydrogen-bond donors (Lipinski definition) is 4. The monoisotopic (exact) mass is 1210 g/mol. The van der Waals surface area contributed by atoms with Gasteiger partial charge in [0.05, 0.1) is 11.4 Å². The first-order chi connectivity index (χ1) is 39.2. The van der Waals surface area contributed by atoms with Crippen LogP contribution in [0.15, 0.2) is 130 Å². The maximum Gasteiger partial charge on any atom is 0.491 e. The molecule has 2 unspecified atom stereocenters. The topological polar surface area (TPSA) is 209 Å². The first-order valence-corrected chi connectivity index (χ1v) is 26.6. The van der Waals surface area contributed by atoms with Gasteiger partial charge in [-0.1, -0.05) is 107 Å². The number of esters is 2. The molecule has 9 rings (SSSR count). The van der Waals surface area contributed by atoms with Crippen LogP contribution in [0.1, 0.15) is 70.4 Å². The molecule has 83 heavy (non-hydrogen) atoms. The van der Waals surface area contributed by atoms with Gasteiger partial charge in [-0.15, -0.1) is 22.7 Å². The third kappa shape index (κ3) is 16.7. The number of aryl methyl sites for hydroxylation is 1. The second kappa shape index (κ2) is 26.9. The zero-order valence-corrected chi connectivity index (χ0v) is 45.0. The van der Waals surface area contributed by atoms with Crippen molar-refractivity contribution in [1.29, 1.82) is 0 Å². The molecule has 2 aliphatic rings. The lowest BCUT2D eigenvalue weighted by Crippen LogP contribution is -2.46. The van der Waals surface area contributed by atoms with Crippen molar-refractivity contribution in [2.24, 2.45) is 10.9 Å². The maximum atomic E-state index is 14.3. The molecule has 7 aromatic rings. The molecule has 0 spiro atoms. The number of alkyl halides is 12. The van der Waals surface area contributed by atoms with E-state index in [1.807, 2.05) is 71.4 Å². The summed E-state index contributed by atoms with van der Waals surface area (Å²) < 4.78 is 171. The van der Waals surface area contributed by atoms with Crippen LogP contribution in [0.2, 0.25) is 0 Å². The van der Waals surface area contributed by atoms with Crippen LogP contribution in [0.3, 0.4) is 0 Å². The Bertz CT molecular complexity index is 3240. The highest BCUT2D eigenvalue weighted by atomic mass is 32.1. The van der Waals surface area contributed by atoms with Gasteiger partial charge < -0.3 is 40.3 Å². The Kier molecular flexibility index (Phi) is 20.5. The second-order valence-corrected chi connectivity index (χ2v) is 20.6. The number of aromatic nitrogens is 4. The summed E-state index contributed by atoms with van der Waals surface area (Å²) in [4.78, 5) is 33.1. The molecule has 0 amide bonds. The van der Waals surface area contributed by atoms with Crippen molar-refractivity contribution in [3.63, 3.8) is 0 Å². The molecular weight excluding hydrogens is 1160 g/mol. The van der Waals surface area contributed by atoms with E-state index in [1.54, 1.807) is 19.1 Å². The summed E-state index contributed by atoms with van der Waals surface area (Å²) in [6.07, 6.45) is -18.0. The summed E-state index contributed by atoms with van der Waals surface area (Å²) in [7, 11) is 0. The van der Waals surface area contributed by atoms with E-state index in [0.29, 0.717) is 63.6 Å². The zero-order chi connectivity index (χ0) is 60.2. The van der Waals surface area contributed by atoms with Crippen LogP contribution in [0, 0.1) is 6.92 Å². The SMILES string of the molecule is Cc1nc(-c2cccc(C(NCC3(c4nc(-c5ccccc5)cs4)CCOCC3)C(F)(F)F)c2)no1.N/C(=N\O)c1cccc(C(NCC2(c3nc(-c4ccccc4)cs3)CCOCC2)C(F)(F)F)c1.O=C(OC(=O)C(F)(F)F)C(F)(F)F. The van der Waals surface area contributed by atoms with E-state index < -0.39 is 59.6 Å². The molecule has 29 heteroatoms. The number of nitrogens with zero attached hydrogens (tertiary/aromatic N) is 5. The summed E-state index contributed by atoms with van der Waals surface area (Å²) >= 11 is 2.96. The van der Waals surface area contributed by atoms with Crippen LogP contribution in [0.25, 0.3) is 33.9 Å². The van der Waals surface area contributed by atoms with Crippen LogP contribution >= 0.6 is 22.7 Å². The third-order valence-electron chi connectivity index (χ3n) is 13.2. The predicted molar refractivity (Wildman–Crippen MR) is 279 cm³/mol. The van der Waals surface area contributed by atoms with Gasteiger partial charge in [-0.3, -0.25) is 0 Å². The van der Waals surface area contributed by atoms with E-state index in [9.17, 15) is 62.3 Å². The van der Waals surface area contributed by atoms with Gasteiger partial charge in [0.15, 0.2) is 5.84 Å². The number of nitrogens with two attached hydrogens (primary N) is 1. The molecule has 0 aliphatic carbocycles. The van der Waals surface area contributed by atoms with E-state index in [1.165, 1.54) is 59.1 Å². The number of carbonyl (C=O) groups excluding carboxylic acids is 2. The number of benzene rings is 4. The van der Waals surface area contributed by atoms with Crippen molar-refractivity contribution < 1.29 is 86.2 Å². The van der Waals surface area contributed by atoms with Gasteiger partial charge in [-0.05, 0) is 48.9 Å². The molecular formula is C54H50F12N8O7S2. The summed E-state index contributed by atoms with van der Waals surface area (Å²) in [6.45, 7) is 3.70. The molecule has 444 valence electrons. The molecule has 4 aromatic carbocycles. The number of rotatable bonds is 14. The van der Waals surface area contributed by atoms with Crippen molar-refractivity contribution in [1.82, 2.24) is 30.7 Å². The van der Waals surface area contributed by atoms with Crippen molar-refractivity contribution in [3.8, 4) is 33.9 Å². The number of amidine groups is 1. The molecule has 2 atom stereocenters. The van der Waals surface area contributed by atoms with E-state index in [0.717, 1.165) is 32.5 Å². The fourth-order valence-electron chi connectivity index (χ4n) is 8.82. The number of halogens is 12. The van der Waals surface area contributed by atoms with Gasteiger partial charge in [0.2, 0.25) is 11.7 Å². The van der Waals surface area contributed by atoms with Gasteiger partial charge in [0, 0.05) is 90.3 Å². The van der Waals surface area contributed by atoms with Crippen molar-refractivity contribution >= 4 is 40.4 Å². The highest BCUT2D eigenvalue weighted by Crippen LogP contribution is 2.43. The summed E-state index contributed by atoms with van der Waals surface area (Å²) in [6, 6.07) is 27.5. The molecule has 2 aliphatic heterocycles. The van der Waals surface area contributed by atoms with Crippen LogP contribution < -0.4 is 16.4 Å². The highest BCUT2D eigenvalue weighted by molar-refractivity contribution is 7.10. The minimum absolute atomic E-state index is 0.0112. The lowest BCUT2D eigenvalue weighted by atomic mass is 9.80. The lowest BCUT2D eigenvalue weighted by Gasteiger charge is -2.37. The Morgan fingerprint density at radius 3 is 1.45 bits per heavy atom. The molecule has 0 bridgehead atoms. The van der Waals surface area contributed by atoms with Crippen molar-refractivity contribution in [2.45, 2.75) is 80.2 Å². The second-order valence-electron chi connectivity index (χ2n) is 18.8. The minimum atomic E-state index is -5.62. The number of carbonyl (C=O) groups is 2. The number of hydrogen-bond acceptors (Lipinski definition) is 16. The predicted octanol–water partition coefficient (Wildman–Crippen LogP) is 12.1. The smallest absolute Gasteiger partial charge is 0.409 e. The molecule has 2 saturated heterocycles. The van der Waals surface area contributed by atoms with E-state index in [4.69, 9.17) is 34.9 Å². The van der Waals surface area contributed by atoms with Crippen LogP contribution in [-0.4, -0.2) is 107 Å². The van der Waals surface area contributed by atoms with Gasteiger partial charge >= 0.3 is 36.6 Å². The van der Waals surface area contributed by atoms with E-state index in [2.05, 4.69) is 30.7 Å². The number of oxime groups is 1. The molecule has 0 saturated carbocycles. The zero-order valence-electron chi connectivity index (χ0n) is 43.3. The summed E-state index contributed by atoms with van der Waals surface area (Å²) in [5.41, 5.74) is 8.80. The lowest BCUT2D eigenvalue weighted by molar-refractivity contribution is -0.221. The minimum Gasteiger partial charge on any atom is -0.409 e. The third-order valence-corrected chi connectivity index (χ3v) is 15.4. The van der Waals surface area contributed by atoms with Crippen molar-refractivity contribution in [2.75, 3.05) is 39.5 Å². The average Bonchev–Trinajstić information content (AvgIpc) is 3.81. The van der Waals surface area contributed by atoms with Crippen LogP contribution in [0.5, 0.6) is 0 Å². The number of nitrogens with one attached hydrogen (secondary N) is 2. The largest absolute Gasteiger partial charge is 0.491 e. The van der Waals surface area contributed by atoms with Gasteiger partial charge in [0.1, 0.15) is 22.1 Å². The quantitative estimate of drug-likeness (QED) is 0.0152.